The highest BCUT2D eigenvalue weighted by molar-refractivity contribution is 5.78. The van der Waals surface area contributed by atoms with Crippen molar-refractivity contribution in [2.24, 2.45) is 5.92 Å². The maximum absolute atomic E-state index is 11.7. The highest BCUT2D eigenvalue weighted by atomic mass is 16.9. The Morgan fingerprint density at radius 2 is 2.18 bits per heavy atom. The van der Waals surface area contributed by atoms with E-state index < -0.39 is 5.09 Å². The van der Waals surface area contributed by atoms with Gasteiger partial charge in [-0.05, 0) is 39.4 Å². The predicted octanol–water partition coefficient (Wildman–Crippen LogP) is 0.0428. The lowest BCUT2D eigenvalue weighted by atomic mass is 9.96. The van der Waals surface area contributed by atoms with Crippen molar-refractivity contribution in [3.63, 3.8) is 0 Å². The third-order valence-corrected chi connectivity index (χ3v) is 2.91. The summed E-state index contributed by atoms with van der Waals surface area (Å²) in [6.07, 6.45) is 2.22. The first-order chi connectivity index (χ1) is 8.09. The summed E-state index contributed by atoms with van der Waals surface area (Å²) in [6, 6.07) is 0. The quantitative estimate of drug-likeness (QED) is 0.406. The van der Waals surface area contributed by atoms with Crippen LogP contribution in [-0.4, -0.2) is 49.2 Å². The smallest absolute Gasteiger partial charge is 0.294 e. The van der Waals surface area contributed by atoms with Crippen molar-refractivity contribution in [1.82, 2.24) is 10.2 Å². The first-order valence-electron chi connectivity index (χ1n) is 5.83. The molecule has 0 aromatic rings. The minimum Gasteiger partial charge on any atom is -0.356 e. The number of hydrogen-bond acceptors (Lipinski definition) is 5. The van der Waals surface area contributed by atoms with Crippen molar-refractivity contribution in [3.05, 3.63) is 10.1 Å². The van der Waals surface area contributed by atoms with Crippen molar-refractivity contribution in [1.29, 1.82) is 0 Å². The molecule has 0 atom stereocenters. The molecular formula is C10H19N3O4. The molecule has 0 saturated carbocycles. The molecule has 1 aliphatic rings. The average molecular weight is 245 g/mol. The molecule has 17 heavy (non-hydrogen) atoms. The van der Waals surface area contributed by atoms with Crippen molar-refractivity contribution in [3.8, 4) is 0 Å². The zero-order valence-electron chi connectivity index (χ0n) is 10.1. The largest absolute Gasteiger partial charge is 0.356 e. The minimum atomic E-state index is -0.821. The van der Waals surface area contributed by atoms with Crippen LogP contribution in [0.15, 0.2) is 0 Å². The van der Waals surface area contributed by atoms with Gasteiger partial charge >= 0.3 is 0 Å². The Balaban J connectivity index is 2.06. The van der Waals surface area contributed by atoms with Gasteiger partial charge in [0.15, 0.2) is 0 Å². The standard InChI is InChI=1S/C10H19N3O4/c1-12-6-3-9(4-7-12)10(14)11-5-2-8-17-13(15)16/h9H,2-8H2,1H3,(H,11,14). The summed E-state index contributed by atoms with van der Waals surface area (Å²) in [5.41, 5.74) is 0. The highest BCUT2D eigenvalue weighted by Gasteiger charge is 2.22. The molecule has 0 unspecified atom stereocenters. The Bertz CT molecular complexity index is 264. The van der Waals surface area contributed by atoms with Crippen LogP contribution < -0.4 is 5.32 Å². The molecule has 0 aromatic carbocycles. The van der Waals surface area contributed by atoms with Gasteiger partial charge in [-0.25, -0.2) is 0 Å². The molecule has 0 aliphatic carbocycles. The first-order valence-corrected chi connectivity index (χ1v) is 5.83. The van der Waals surface area contributed by atoms with E-state index in [0.717, 1.165) is 25.9 Å². The van der Waals surface area contributed by atoms with E-state index in [9.17, 15) is 14.9 Å². The van der Waals surface area contributed by atoms with Crippen LogP contribution in [0.5, 0.6) is 0 Å². The van der Waals surface area contributed by atoms with Crippen LogP contribution in [-0.2, 0) is 9.63 Å². The van der Waals surface area contributed by atoms with Crippen molar-refractivity contribution in [2.75, 3.05) is 33.3 Å². The molecule has 7 nitrogen and oxygen atoms in total. The van der Waals surface area contributed by atoms with Gasteiger partial charge in [-0.1, -0.05) is 0 Å². The second-order valence-corrected chi connectivity index (χ2v) is 4.28. The van der Waals surface area contributed by atoms with Crippen LogP contribution in [0, 0.1) is 16.0 Å². The number of likely N-dealkylation sites (tertiary alicyclic amines) is 1. The molecule has 0 radical (unpaired) electrons. The summed E-state index contributed by atoms with van der Waals surface area (Å²) < 4.78 is 0. The highest BCUT2D eigenvalue weighted by Crippen LogP contribution is 2.15. The van der Waals surface area contributed by atoms with E-state index in [1.54, 1.807) is 0 Å². The molecule has 1 amide bonds. The molecule has 1 rings (SSSR count). The molecule has 1 saturated heterocycles. The molecule has 0 bridgehead atoms. The van der Waals surface area contributed by atoms with Crippen molar-refractivity contribution in [2.45, 2.75) is 19.3 Å². The second kappa shape index (κ2) is 7.05. The topological polar surface area (TPSA) is 84.7 Å². The molecule has 1 heterocycles. The maximum Gasteiger partial charge on any atom is 0.294 e. The summed E-state index contributed by atoms with van der Waals surface area (Å²) in [5.74, 6) is 0.141. The molecule has 1 aliphatic heterocycles. The van der Waals surface area contributed by atoms with E-state index in [-0.39, 0.29) is 18.4 Å². The Labute approximate surface area is 100 Å². The number of carbonyl (C=O) groups excluding carboxylic acids is 1. The second-order valence-electron chi connectivity index (χ2n) is 4.28. The zero-order chi connectivity index (χ0) is 12.7. The average Bonchev–Trinajstić information content (AvgIpc) is 2.29. The van der Waals surface area contributed by atoms with Gasteiger partial charge in [-0.3, -0.25) is 4.79 Å². The van der Waals surface area contributed by atoms with E-state index >= 15 is 0 Å². The number of hydrogen-bond donors (Lipinski definition) is 1. The van der Waals surface area contributed by atoms with E-state index in [0.29, 0.717) is 13.0 Å². The molecule has 1 fully saturated rings. The Kier molecular flexibility index (Phi) is 5.68. The third-order valence-electron chi connectivity index (χ3n) is 2.91. The Hall–Kier alpha value is -1.37. The lowest BCUT2D eigenvalue weighted by Crippen LogP contribution is -2.39. The van der Waals surface area contributed by atoms with Crippen LogP contribution in [0.3, 0.4) is 0 Å². The van der Waals surface area contributed by atoms with Crippen LogP contribution in [0.2, 0.25) is 0 Å². The van der Waals surface area contributed by atoms with Crippen LogP contribution in [0.4, 0.5) is 0 Å². The fourth-order valence-corrected chi connectivity index (χ4v) is 1.84. The van der Waals surface area contributed by atoms with Crippen LogP contribution in [0.25, 0.3) is 0 Å². The number of carbonyl (C=O) groups is 1. The third kappa shape index (κ3) is 5.48. The van der Waals surface area contributed by atoms with Crippen LogP contribution >= 0.6 is 0 Å². The molecule has 98 valence electrons. The normalized spacial score (nSPS) is 17.7. The fourth-order valence-electron chi connectivity index (χ4n) is 1.84. The number of rotatable bonds is 6. The summed E-state index contributed by atoms with van der Waals surface area (Å²) in [4.78, 5) is 27.9. The van der Waals surface area contributed by atoms with E-state index in [2.05, 4.69) is 15.1 Å². The maximum atomic E-state index is 11.7. The van der Waals surface area contributed by atoms with Gasteiger partial charge in [-0.2, -0.15) is 0 Å². The summed E-state index contributed by atoms with van der Waals surface area (Å²) >= 11 is 0. The Morgan fingerprint density at radius 3 is 2.76 bits per heavy atom. The van der Waals surface area contributed by atoms with Gasteiger partial charge in [0.2, 0.25) is 5.91 Å². The molecule has 0 spiro atoms. The van der Waals surface area contributed by atoms with E-state index in [1.165, 1.54) is 0 Å². The van der Waals surface area contributed by atoms with Crippen molar-refractivity contribution < 1.29 is 14.7 Å². The summed E-state index contributed by atoms with van der Waals surface area (Å²) in [7, 11) is 2.04. The number of nitrogens with zero attached hydrogens (tertiary/aromatic N) is 2. The molecule has 1 N–H and O–H groups in total. The molecular weight excluding hydrogens is 226 g/mol. The Morgan fingerprint density at radius 1 is 1.53 bits per heavy atom. The monoisotopic (exact) mass is 245 g/mol. The number of nitrogens with one attached hydrogen (secondary N) is 1. The first kappa shape index (κ1) is 13.7. The predicted molar refractivity (Wildman–Crippen MR) is 60.8 cm³/mol. The summed E-state index contributed by atoms with van der Waals surface area (Å²) in [6.45, 7) is 2.35. The van der Waals surface area contributed by atoms with E-state index in [1.807, 2.05) is 7.05 Å². The lowest BCUT2D eigenvalue weighted by molar-refractivity contribution is -0.757. The number of amides is 1. The number of piperidine rings is 1. The fraction of sp³-hybridized carbons (Fsp3) is 0.900. The van der Waals surface area contributed by atoms with Gasteiger partial charge < -0.3 is 15.1 Å². The zero-order valence-corrected chi connectivity index (χ0v) is 10.1. The van der Waals surface area contributed by atoms with E-state index in [4.69, 9.17) is 0 Å². The summed E-state index contributed by atoms with van der Waals surface area (Å²) in [5, 5.41) is 11.8. The van der Waals surface area contributed by atoms with Crippen molar-refractivity contribution >= 4 is 5.91 Å². The minimum absolute atomic E-state index is 0.0285. The SMILES string of the molecule is CN1CCC(C(=O)NCCCO[N+](=O)[O-])CC1. The molecule has 7 heteroatoms. The van der Waals surface area contributed by atoms with Gasteiger partial charge in [-0.15, -0.1) is 10.1 Å². The molecule has 0 aromatic heterocycles. The van der Waals surface area contributed by atoms with Gasteiger partial charge in [0.05, 0.1) is 6.61 Å². The van der Waals surface area contributed by atoms with Crippen LogP contribution in [0.1, 0.15) is 19.3 Å². The van der Waals surface area contributed by atoms with Gasteiger partial charge in [0, 0.05) is 12.5 Å². The van der Waals surface area contributed by atoms with Gasteiger partial charge in [0.1, 0.15) is 0 Å². The van der Waals surface area contributed by atoms with Gasteiger partial charge in [0.25, 0.3) is 5.09 Å². The lowest BCUT2D eigenvalue weighted by Gasteiger charge is -2.28.